The van der Waals surface area contributed by atoms with Crippen molar-refractivity contribution in [2.75, 3.05) is 13.1 Å². The Morgan fingerprint density at radius 3 is 2.53 bits per heavy atom. The first kappa shape index (κ1) is 12.4. The third-order valence-electron chi connectivity index (χ3n) is 3.13. The summed E-state index contributed by atoms with van der Waals surface area (Å²) in [5, 5.41) is 12.1. The molecule has 0 saturated carbocycles. The SMILES string of the molecule is O=S(=O)(c1ccc(O)cc1)C1CCCNCC1. The summed E-state index contributed by atoms with van der Waals surface area (Å²) < 4.78 is 24.7. The van der Waals surface area contributed by atoms with Crippen molar-refractivity contribution in [3.8, 4) is 5.75 Å². The lowest BCUT2D eigenvalue weighted by molar-refractivity contribution is 0.474. The third-order valence-corrected chi connectivity index (χ3v) is 5.41. The first-order chi connectivity index (χ1) is 8.10. The summed E-state index contributed by atoms with van der Waals surface area (Å²) in [7, 11) is -3.25. The smallest absolute Gasteiger partial charge is 0.181 e. The normalized spacial score (nSPS) is 22.0. The Hall–Kier alpha value is -1.07. The van der Waals surface area contributed by atoms with E-state index in [1.165, 1.54) is 24.3 Å². The van der Waals surface area contributed by atoms with Gasteiger partial charge in [-0.25, -0.2) is 8.42 Å². The van der Waals surface area contributed by atoms with E-state index in [-0.39, 0.29) is 11.0 Å². The lowest BCUT2D eigenvalue weighted by atomic mass is 10.2. The number of phenols is 1. The maximum atomic E-state index is 12.3. The maximum Gasteiger partial charge on any atom is 0.181 e. The molecule has 2 N–H and O–H groups in total. The predicted molar refractivity (Wildman–Crippen MR) is 65.8 cm³/mol. The van der Waals surface area contributed by atoms with Gasteiger partial charge in [-0.3, -0.25) is 0 Å². The van der Waals surface area contributed by atoms with Crippen molar-refractivity contribution >= 4 is 9.84 Å². The summed E-state index contributed by atoms with van der Waals surface area (Å²) in [6.07, 6.45) is 2.25. The van der Waals surface area contributed by atoms with Crippen LogP contribution in [0.1, 0.15) is 19.3 Å². The van der Waals surface area contributed by atoms with E-state index in [1.807, 2.05) is 0 Å². The number of nitrogens with one attached hydrogen (secondary N) is 1. The van der Waals surface area contributed by atoms with Gasteiger partial charge >= 0.3 is 0 Å². The van der Waals surface area contributed by atoms with Crippen LogP contribution in [0.15, 0.2) is 29.2 Å². The van der Waals surface area contributed by atoms with Crippen LogP contribution in [0.25, 0.3) is 0 Å². The van der Waals surface area contributed by atoms with E-state index >= 15 is 0 Å². The van der Waals surface area contributed by atoms with Gasteiger partial charge in [0.1, 0.15) is 5.75 Å². The van der Waals surface area contributed by atoms with E-state index in [0.29, 0.717) is 17.7 Å². The fourth-order valence-corrected chi connectivity index (χ4v) is 3.93. The fourth-order valence-electron chi connectivity index (χ4n) is 2.13. The average Bonchev–Trinajstić information content (AvgIpc) is 2.58. The van der Waals surface area contributed by atoms with E-state index in [1.54, 1.807) is 0 Å². The van der Waals surface area contributed by atoms with Crippen molar-refractivity contribution in [2.24, 2.45) is 0 Å². The first-order valence-corrected chi connectivity index (χ1v) is 7.39. The van der Waals surface area contributed by atoms with Crippen LogP contribution in [0.5, 0.6) is 5.75 Å². The van der Waals surface area contributed by atoms with E-state index in [4.69, 9.17) is 0 Å². The molecule has 2 rings (SSSR count). The van der Waals surface area contributed by atoms with Gasteiger partial charge in [0.05, 0.1) is 10.1 Å². The fraction of sp³-hybridized carbons (Fsp3) is 0.500. The Morgan fingerprint density at radius 2 is 1.82 bits per heavy atom. The summed E-state index contributed by atoms with van der Waals surface area (Å²) in [5.41, 5.74) is 0. The molecule has 1 saturated heterocycles. The summed E-state index contributed by atoms with van der Waals surface area (Å²) in [5.74, 6) is 0.0893. The second-order valence-electron chi connectivity index (χ2n) is 4.34. The van der Waals surface area contributed by atoms with Crippen LogP contribution < -0.4 is 5.32 Å². The van der Waals surface area contributed by atoms with Crippen molar-refractivity contribution in [1.29, 1.82) is 0 Å². The van der Waals surface area contributed by atoms with Gasteiger partial charge in [-0.05, 0) is 56.6 Å². The van der Waals surface area contributed by atoms with Gasteiger partial charge in [-0.1, -0.05) is 0 Å². The molecule has 0 amide bonds. The van der Waals surface area contributed by atoms with Gasteiger partial charge in [0.25, 0.3) is 0 Å². The Labute approximate surface area is 102 Å². The van der Waals surface area contributed by atoms with E-state index in [2.05, 4.69) is 5.32 Å². The molecule has 1 unspecified atom stereocenters. The molecular weight excluding hydrogens is 238 g/mol. The molecular formula is C12H17NO3S. The minimum absolute atomic E-state index is 0.0893. The summed E-state index contributed by atoms with van der Waals surface area (Å²) in [4.78, 5) is 0.308. The molecule has 0 aromatic heterocycles. The Balaban J connectivity index is 2.25. The Morgan fingerprint density at radius 1 is 1.12 bits per heavy atom. The van der Waals surface area contributed by atoms with Gasteiger partial charge in [-0.15, -0.1) is 0 Å². The molecule has 5 heteroatoms. The zero-order chi connectivity index (χ0) is 12.3. The van der Waals surface area contributed by atoms with Crippen LogP contribution in [-0.4, -0.2) is 31.9 Å². The zero-order valence-corrected chi connectivity index (χ0v) is 10.4. The van der Waals surface area contributed by atoms with Crippen molar-refractivity contribution in [1.82, 2.24) is 5.32 Å². The molecule has 1 fully saturated rings. The number of aromatic hydroxyl groups is 1. The average molecular weight is 255 g/mol. The minimum Gasteiger partial charge on any atom is -0.508 e. The maximum absolute atomic E-state index is 12.3. The molecule has 17 heavy (non-hydrogen) atoms. The molecule has 4 nitrogen and oxygen atoms in total. The second-order valence-corrected chi connectivity index (χ2v) is 6.57. The quantitative estimate of drug-likeness (QED) is 0.836. The number of hydrogen-bond donors (Lipinski definition) is 2. The number of benzene rings is 1. The number of rotatable bonds is 2. The van der Waals surface area contributed by atoms with E-state index in [0.717, 1.165) is 19.5 Å². The predicted octanol–water partition coefficient (Wildman–Crippen LogP) is 1.31. The molecule has 1 aromatic rings. The number of sulfone groups is 1. The van der Waals surface area contributed by atoms with Crippen LogP contribution in [0.3, 0.4) is 0 Å². The van der Waals surface area contributed by atoms with Crippen molar-refractivity contribution in [2.45, 2.75) is 29.4 Å². The standard InChI is InChI=1S/C12H17NO3S/c14-10-3-5-12(6-4-10)17(15,16)11-2-1-8-13-9-7-11/h3-6,11,13-14H,1-2,7-9H2. The van der Waals surface area contributed by atoms with Gasteiger partial charge in [-0.2, -0.15) is 0 Å². The van der Waals surface area contributed by atoms with Crippen LogP contribution in [0, 0.1) is 0 Å². The van der Waals surface area contributed by atoms with Gasteiger partial charge in [0, 0.05) is 0 Å². The lowest BCUT2D eigenvalue weighted by Crippen LogP contribution is -2.23. The van der Waals surface area contributed by atoms with Gasteiger partial charge < -0.3 is 10.4 Å². The van der Waals surface area contributed by atoms with E-state index in [9.17, 15) is 13.5 Å². The highest BCUT2D eigenvalue weighted by molar-refractivity contribution is 7.92. The summed E-state index contributed by atoms with van der Waals surface area (Å²) in [6.45, 7) is 1.64. The Kier molecular flexibility index (Phi) is 3.69. The zero-order valence-electron chi connectivity index (χ0n) is 9.59. The molecule has 0 spiro atoms. The van der Waals surface area contributed by atoms with Gasteiger partial charge in [0.2, 0.25) is 0 Å². The molecule has 0 bridgehead atoms. The molecule has 94 valence electrons. The minimum atomic E-state index is -3.25. The van der Waals surface area contributed by atoms with Crippen molar-refractivity contribution in [3.05, 3.63) is 24.3 Å². The molecule has 1 atom stereocenters. The van der Waals surface area contributed by atoms with E-state index < -0.39 is 9.84 Å². The molecule has 0 aliphatic carbocycles. The first-order valence-electron chi connectivity index (χ1n) is 5.84. The van der Waals surface area contributed by atoms with Crippen molar-refractivity contribution < 1.29 is 13.5 Å². The number of hydrogen-bond acceptors (Lipinski definition) is 4. The second kappa shape index (κ2) is 5.06. The molecule has 1 aliphatic heterocycles. The Bertz CT molecular complexity index is 459. The molecule has 1 aliphatic rings. The highest BCUT2D eigenvalue weighted by Crippen LogP contribution is 2.24. The highest BCUT2D eigenvalue weighted by Gasteiger charge is 2.27. The van der Waals surface area contributed by atoms with Crippen LogP contribution in [0.2, 0.25) is 0 Å². The molecule has 1 heterocycles. The third kappa shape index (κ3) is 2.79. The molecule has 1 aromatic carbocycles. The van der Waals surface area contributed by atoms with Crippen molar-refractivity contribution in [3.63, 3.8) is 0 Å². The summed E-state index contributed by atoms with van der Waals surface area (Å²) in [6, 6.07) is 5.79. The summed E-state index contributed by atoms with van der Waals surface area (Å²) >= 11 is 0. The molecule has 0 radical (unpaired) electrons. The monoisotopic (exact) mass is 255 g/mol. The largest absolute Gasteiger partial charge is 0.508 e. The van der Waals surface area contributed by atoms with Crippen LogP contribution >= 0.6 is 0 Å². The lowest BCUT2D eigenvalue weighted by Gasteiger charge is -2.14. The van der Waals surface area contributed by atoms with Gasteiger partial charge in [0.15, 0.2) is 9.84 Å². The van der Waals surface area contributed by atoms with Crippen LogP contribution in [-0.2, 0) is 9.84 Å². The van der Waals surface area contributed by atoms with Crippen LogP contribution in [0.4, 0.5) is 0 Å². The number of phenolic OH excluding ortho intramolecular Hbond substituents is 1. The topological polar surface area (TPSA) is 66.4 Å². The highest BCUT2D eigenvalue weighted by atomic mass is 32.2.